The summed E-state index contributed by atoms with van der Waals surface area (Å²) in [5.41, 5.74) is 5.88. The lowest BCUT2D eigenvalue weighted by Crippen LogP contribution is -2.34. The molecule has 3 nitrogen and oxygen atoms in total. The number of rotatable bonds is 4. The third kappa shape index (κ3) is 2.71. The molecular formula is C19H22N2O. The van der Waals surface area contributed by atoms with E-state index in [1.54, 1.807) is 0 Å². The van der Waals surface area contributed by atoms with Gasteiger partial charge in [-0.15, -0.1) is 0 Å². The Morgan fingerprint density at radius 3 is 2.82 bits per heavy atom. The van der Waals surface area contributed by atoms with Gasteiger partial charge in [-0.2, -0.15) is 0 Å². The van der Waals surface area contributed by atoms with Gasteiger partial charge in [0.15, 0.2) is 0 Å². The Hall–Kier alpha value is -2.29. The Bertz CT molecular complexity index is 694. The van der Waals surface area contributed by atoms with Gasteiger partial charge in [-0.3, -0.25) is 4.79 Å². The largest absolute Gasteiger partial charge is 0.376 e. The highest BCUT2D eigenvalue weighted by atomic mass is 16.2. The second-order valence-electron chi connectivity index (χ2n) is 5.74. The molecule has 0 bridgehead atoms. The highest BCUT2D eigenvalue weighted by Crippen LogP contribution is 2.27. The standard InChI is InChI=1S/C19H22N2O/c1-3-15-9-6-7-14(2)19(15)20-13-18(22)21-12-11-16-8-4-5-10-17(16)21/h4-10,20H,3,11-13H2,1-2H3. The van der Waals surface area contributed by atoms with Gasteiger partial charge in [0.2, 0.25) is 5.91 Å². The van der Waals surface area contributed by atoms with Crippen LogP contribution in [-0.4, -0.2) is 19.0 Å². The van der Waals surface area contributed by atoms with Crippen LogP contribution < -0.4 is 10.2 Å². The average Bonchev–Trinajstić information content (AvgIpc) is 2.97. The van der Waals surface area contributed by atoms with Gasteiger partial charge < -0.3 is 10.2 Å². The molecular weight excluding hydrogens is 272 g/mol. The quantitative estimate of drug-likeness (QED) is 0.935. The van der Waals surface area contributed by atoms with Gasteiger partial charge in [0.1, 0.15) is 0 Å². The Kier molecular flexibility index (Phi) is 4.14. The molecule has 1 amide bonds. The molecule has 0 unspecified atom stereocenters. The SMILES string of the molecule is CCc1cccc(C)c1NCC(=O)N1CCc2ccccc21. The highest BCUT2D eigenvalue weighted by molar-refractivity contribution is 5.98. The van der Waals surface area contributed by atoms with Crippen molar-refractivity contribution in [2.75, 3.05) is 23.3 Å². The number of benzene rings is 2. The molecule has 0 atom stereocenters. The molecule has 2 aromatic carbocycles. The number of aryl methyl sites for hydroxylation is 2. The van der Waals surface area contributed by atoms with E-state index >= 15 is 0 Å². The third-order valence-corrected chi connectivity index (χ3v) is 4.34. The van der Waals surface area contributed by atoms with Crippen molar-refractivity contribution in [1.82, 2.24) is 0 Å². The van der Waals surface area contributed by atoms with E-state index in [9.17, 15) is 4.79 Å². The molecule has 0 aromatic heterocycles. The third-order valence-electron chi connectivity index (χ3n) is 4.34. The van der Waals surface area contributed by atoms with Crippen molar-refractivity contribution in [3.63, 3.8) is 0 Å². The summed E-state index contributed by atoms with van der Waals surface area (Å²) < 4.78 is 0. The molecule has 0 spiro atoms. The predicted octanol–water partition coefficient (Wildman–Crippen LogP) is 3.56. The molecule has 1 aliphatic rings. The first-order chi connectivity index (χ1) is 10.7. The maximum absolute atomic E-state index is 12.6. The number of amides is 1. The second kappa shape index (κ2) is 6.22. The fraction of sp³-hybridized carbons (Fsp3) is 0.316. The van der Waals surface area contributed by atoms with Crippen molar-refractivity contribution >= 4 is 17.3 Å². The normalized spacial score (nSPS) is 13.1. The summed E-state index contributed by atoms with van der Waals surface area (Å²) >= 11 is 0. The molecule has 0 saturated heterocycles. The first kappa shape index (κ1) is 14.6. The summed E-state index contributed by atoms with van der Waals surface area (Å²) in [4.78, 5) is 14.5. The minimum Gasteiger partial charge on any atom is -0.376 e. The maximum Gasteiger partial charge on any atom is 0.246 e. The van der Waals surface area contributed by atoms with Crippen LogP contribution in [-0.2, 0) is 17.6 Å². The number of anilines is 2. The van der Waals surface area contributed by atoms with E-state index in [4.69, 9.17) is 0 Å². The van der Waals surface area contributed by atoms with Gasteiger partial charge >= 0.3 is 0 Å². The molecule has 1 aliphatic heterocycles. The molecule has 1 N–H and O–H groups in total. The van der Waals surface area contributed by atoms with Crippen molar-refractivity contribution in [1.29, 1.82) is 0 Å². The van der Waals surface area contributed by atoms with E-state index in [0.717, 1.165) is 30.8 Å². The van der Waals surface area contributed by atoms with Crippen molar-refractivity contribution in [3.05, 3.63) is 59.2 Å². The number of nitrogens with zero attached hydrogens (tertiary/aromatic N) is 1. The van der Waals surface area contributed by atoms with Crippen LogP contribution in [0.5, 0.6) is 0 Å². The van der Waals surface area contributed by atoms with Crippen LogP contribution in [0.3, 0.4) is 0 Å². The van der Waals surface area contributed by atoms with Crippen LogP contribution in [0, 0.1) is 6.92 Å². The van der Waals surface area contributed by atoms with Crippen molar-refractivity contribution in [2.24, 2.45) is 0 Å². The van der Waals surface area contributed by atoms with Gasteiger partial charge in [-0.25, -0.2) is 0 Å². The molecule has 22 heavy (non-hydrogen) atoms. The zero-order valence-electron chi connectivity index (χ0n) is 13.2. The zero-order chi connectivity index (χ0) is 15.5. The molecule has 0 radical (unpaired) electrons. The van der Waals surface area contributed by atoms with E-state index in [1.807, 2.05) is 23.1 Å². The van der Waals surface area contributed by atoms with Crippen LogP contribution in [0.2, 0.25) is 0 Å². The van der Waals surface area contributed by atoms with E-state index in [0.29, 0.717) is 6.54 Å². The number of hydrogen-bond acceptors (Lipinski definition) is 2. The Morgan fingerprint density at radius 1 is 1.18 bits per heavy atom. The lowest BCUT2D eigenvalue weighted by atomic mass is 10.1. The second-order valence-corrected chi connectivity index (χ2v) is 5.74. The van der Waals surface area contributed by atoms with Gasteiger partial charge in [0.05, 0.1) is 6.54 Å². The number of hydrogen-bond donors (Lipinski definition) is 1. The van der Waals surface area contributed by atoms with E-state index in [-0.39, 0.29) is 5.91 Å². The molecule has 2 aromatic rings. The number of nitrogens with one attached hydrogen (secondary N) is 1. The van der Waals surface area contributed by atoms with Crippen molar-refractivity contribution in [2.45, 2.75) is 26.7 Å². The lowest BCUT2D eigenvalue weighted by Gasteiger charge is -2.19. The minimum absolute atomic E-state index is 0.134. The van der Waals surface area contributed by atoms with E-state index in [2.05, 4.69) is 43.4 Å². The van der Waals surface area contributed by atoms with Crippen LogP contribution in [0.25, 0.3) is 0 Å². The average molecular weight is 294 g/mol. The smallest absolute Gasteiger partial charge is 0.246 e. The Labute approximate surface area is 132 Å². The zero-order valence-corrected chi connectivity index (χ0v) is 13.2. The van der Waals surface area contributed by atoms with E-state index < -0.39 is 0 Å². The van der Waals surface area contributed by atoms with Crippen LogP contribution in [0.4, 0.5) is 11.4 Å². The summed E-state index contributed by atoms with van der Waals surface area (Å²) in [6.07, 6.45) is 1.91. The predicted molar refractivity (Wildman–Crippen MR) is 91.5 cm³/mol. The summed E-state index contributed by atoms with van der Waals surface area (Å²) in [6.45, 7) is 5.34. The van der Waals surface area contributed by atoms with Gasteiger partial charge in [0, 0.05) is 17.9 Å². The van der Waals surface area contributed by atoms with E-state index in [1.165, 1.54) is 16.7 Å². The fourth-order valence-electron chi connectivity index (χ4n) is 3.13. The topological polar surface area (TPSA) is 32.3 Å². The number of carbonyl (C=O) groups excluding carboxylic acids is 1. The van der Waals surface area contributed by atoms with Crippen LogP contribution in [0.15, 0.2) is 42.5 Å². The molecule has 0 fully saturated rings. The summed E-state index contributed by atoms with van der Waals surface area (Å²) in [6, 6.07) is 14.4. The molecule has 3 rings (SSSR count). The maximum atomic E-state index is 12.6. The summed E-state index contributed by atoms with van der Waals surface area (Å²) in [5.74, 6) is 0.134. The molecule has 0 saturated carbocycles. The fourth-order valence-corrected chi connectivity index (χ4v) is 3.13. The first-order valence-corrected chi connectivity index (χ1v) is 7.91. The molecule has 0 aliphatic carbocycles. The van der Waals surface area contributed by atoms with Crippen molar-refractivity contribution in [3.8, 4) is 0 Å². The number of para-hydroxylation sites is 2. The van der Waals surface area contributed by atoms with Gasteiger partial charge in [-0.05, 0) is 42.5 Å². The van der Waals surface area contributed by atoms with Crippen LogP contribution in [0.1, 0.15) is 23.6 Å². The highest BCUT2D eigenvalue weighted by Gasteiger charge is 2.23. The molecule has 1 heterocycles. The summed E-state index contributed by atoms with van der Waals surface area (Å²) in [7, 11) is 0. The lowest BCUT2D eigenvalue weighted by molar-refractivity contribution is -0.116. The number of carbonyl (C=O) groups is 1. The molecule has 114 valence electrons. The summed E-state index contributed by atoms with van der Waals surface area (Å²) in [5, 5.41) is 3.35. The minimum atomic E-state index is 0.134. The monoisotopic (exact) mass is 294 g/mol. The number of fused-ring (bicyclic) bond motifs is 1. The van der Waals surface area contributed by atoms with Gasteiger partial charge in [-0.1, -0.05) is 43.3 Å². The molecule has 3 heteroatoms. The Morgan fingerprint density at radius 2 is 2.00 bits per heavy atom. The Balaban J connectivity index is 1.72. The first-order valence-electron chi connectivity index (χ1n) is 7.91. The van der Waals surface area contributed by atoms with Gasteiger partial charge in [0.25, 0.3) is 0 Å². The van der Waals surface area contributed by atoms with Crippen molar-refractivity contribution < 1.29 is 4.79 Å². The van der Waals surface area contributed by atoms with Crippen LogP contribution >= 0.6 is 0 Å².